The fourth-order valence-electron chi connectivity index (χ4n) is 3.37. The topological polar surface area (TPSA) is 69.6 Å². The van der Waals surface area contributed by atoms with Crippen LogP contribution >= 0.6 is 0 Å². The zero-order valence-electron chi connectivity index (χ0n) is 12.9. The lowest BCUT2D eigenvalue weighted by Crippen LogP contribution is -2.41. The molecule has 1 aromatic rings. The summed E-state index contributed by atoms with van der Waals surface area (Å²) in [7, 11) is 0. The molecule has 3 amide bonds. The standard InChI is InChI=1S/C17H22N2O3/c1-17(15(21)19(9-4-10-20)16(22)18-17)14-8-7-12-5-2-3-6-13(12)11-14/h7-8,11,20H,2-6,9-10H2,1H3,(H,18,22). The Morgan fingerprint density at radius 3 is 2.68 bits per heavy atom. The lowest BCUT2D eigenvalue weighted by Gasteiger charge is -2.25. The van der Waals surface area contributed by atoms with Crippen molar-refractivity contribution in [1.82, 2.24) is 10.2 Å². The van der Waals surface area contributed by atoms with Gasteiger partial charge in [-0.1, -0.05) is 18.2 Å². The number of aliphatic hydroxyl groups is 1. The minimum Gasteiger partial charge on any atom is -0.396 e. The number of carbonyl (C=O) groups excluding carboxylic acids is 2. The number of nitrogens with zero attached hydrogens (tertiary/aromatic N) is 1. The number of hydrogen-bond donors (Lipinski definition) is 2. The number of carbonyl (C=O) groups is 2. The average Bonchev–Trinajstić information content (AvgIpc) is 2.75. The van der Waals surface area contributed by atoms with Crippen molar-refractivity contribution in [3.63, 3.8) is 0 Å². The molecule has 5 heteroatoms. The maximum Gasteiger partial charge on any atom is 0.325 e. The first kappa shape index (κ1) is 15.0. The Labute approximate surface area is 130 Å². The van der Waals surface area contributed by atoms with E-state index in [0.717, 1.165) is 18.4 Å². The minimum atomic E-state index is -1.00. The maximum absolute atomic E-state index is 12.7. The SMILES string of the molecule is CC1(c2ccc3c(c2)CCCC3)NC(=O)N(CCCO)C1=O. The smallest absolute Gasteiger partial charge is 0.325 e. The van der Waals surface area contributed by atoms with E-state index in [4.69, 9.17) is 5.11 Å². The monoisotopic (exact) mass is 302 g/mol. The predicted molar refractivity (Wildman–Crippen MR) is 82.4 cm³/mol. The summed E-state index contributed by atoms with van der Waals surface area (Å²) in [5, 5.41) is 11.7. The van der Waals surface area contributed by atoms with E-state index in [0.29, 0.717) is 6.42 Å². The third kappa shape index (κ3) is 2.39. The fraction of sp³-hybridized carbons (Fsp3) is 0.529. The fourth-order valence-corrected chi connectivity index (χ4v) is 3.37. The highest BCUT2D eigenvalue weighted by molar-refractivity contribution is 6.07. The Bertz CT molecular complexity index is 614. The molecular weight excluding hydrogens is 280 g/mol. The molecular formula is C17H22N2O3. The molecule has 0 saturated carbocycles. The molecule has 5 nitrogen and oxygen atoms in total. The molecule has 1 atom stereocenters. The lowest BCUT2D eigenvalue weighted by molar-refractivity contribution is -0.131. The zero-order chi connectivity index (χ0) is 15.7. The van der Waals surface area contributed by atoms with Gasteiger partial charge in [0, 0.05) is 13.2 Å². The van der Waals surface area contributed by atoms with Gasteiger partial charge in [-0.25, -0.2) is 4.79 Å². The van der Waals surface area contributed by atoms with Crippen molar-refractivity contribution in [3.8, 4) is 0 Å². The third-order valence-electron chi connectivity index (χ3n) is 4.74. The molecule has 1 aliphatic heterocycles. The lowest BCUT2D eigenvalue weighted by atomic mass is 9.85. The number of rotatable bonds is 4. The van der Waals surface area contributed by atoms with Crippen molar-refractivity contribution in [1.29, 1.82) is 0 Å². The minimum absolute atomic E-state index is 0.0351. The van der Waals surface area contributed by atoms with Gasteiger partial charge in [0.15, 0.2) is 0 Å². The third-order valence-corrected chi connectivity index (χ3v) is 4.74. The van der Waals surface area contributed by atoms with Gasteiger partial charge < -0.3 is 10.4 Å². The average molecular weight is 302 g/mol. The van der Waals surface area contributed by atoms with E-state index in [-0.39, 0.29) is 25.1 Å². The number of amides is 3. The Balaban J connectivity index is 1.90. The Morgan fingerprint density at radius 2 is 1.95 bits per heavy atom. The van der Waals surface area contributed by atoms with E-state index in [1.54, 1.807) is 6.92 Å². The molecule has 2 aliphatic rings. The quantitative estimate of drug-likeness (QED) is 0.832. The van der Waals surface area contributed by atoms with E-state index in [2.05, 4.69) is 17.4 Å². The first-order valence-electron chi connectivity index (χ1n) is 7.93. The first-order chi connectivity index (χ1) is 10.6. The summed E-state index contributed by atoms with van der Waals surface area (Å²) in [5.41, 5.74) is 2.49. The second-order valence-electron chi connectivity index (χ2n) is 6.28. The van der Waals surface area contributed by atoms with Crippen LogP contribution in [0.5, 0.6) is 0 Å². The summed E-state index contributed by atoms with van der Waals surface area (Å²) in [6, 6.07) is 5.74. The zero-order valence-corrected chi connectivity index (χ0v) is 12.9. The second-order valence-corrected chi connectivity index (χ2v) is 6.28. The summed E-state index contributed by atoms with van der Waals surface area (Å²) in [6.45, 7) is 1.98. The molecule has 1 heterocycles. The Morgan fingerprint density at radius 1 is 1.23 bits per heavy atom. The maximum atomic E-state index is 12.7. The number of fused-ring (bicyclic) bond motifs is 1. The number of imide groups is 1. The summed E-state index contributed by atoms with van der Waals surface area (Å²) in [5.74, 6) is -0.235. The molecule has 1 aliphatic carbocycles. The van der Waals surface area contributed by atoms with Crippen LogP contribution in [0, 0.1) is 0 Å². The van der Waals surface area contributed by atoms with Crippen LogP contribution in [0.4, 0.5) is 4.79 Å². The number of aryl methyl sites for hydroxylation is 2. The van der Waals surface area contributed by atoms with Crippen molar-refractivity contribution in [2.45, 2.75) is 44.6 Å². The van der Waals surface area contributed by atoms with E-state index in [1.165, 1.54) is 28.9 Å². The normalized spacial score (nSPS) is 24.4. The first-order valence-corrected chi connectivity index (χ1v) is 7.93. The van der Waals surface area contributed by atoms with Crippen molar-refractivity contribution in [3.05, 3.63) is 34.9 Å². The van der Waals surface area contributed by atoms with E-state index in [1.807, 2.05) is 6.07 Å². The van der Waals surface area contributed by atoms with Crippen LogP contribution in [0.3, 0.4) is 0 Å². The highest BCUT2D eigenvalue weighted by Gasteiger charge is 2.48. The van der Waals surface area contributed by atoms with Gasteiger partial charge in [0.2, 0.25) is 0 Å². The van der Waals surface area contributed by atoms with Crippen LogP contribution in [0.2, 0.25) is 0 Å². The molecule has 22 heavy (non-hydrogen) atoms. The summed E-state index contributed by atoms with van der Waals surface area (Å²) in [4.78, 5) is 26.0. The van der Waals surface area contributed by atoms with Crippen LogP contribution in [-0.2, 0) is 23.2 Å². The van der Waals surface area contributed by atoms with E-state index < -0.39 is 5.54 Å². The highest BCUT2D eigenvalue weighted by atomic mass is 16.3. The van der Waals surface area contributed by atoms with Crippen LogP contribution < -0.4 is 5.32 Å². The molecule has 1 unspecified atom stereocenters. The van der Waals surface area contributed by atoms with Gasteiger partial charge in [-0.3, -0.25) is 9.69 Å². The van der Waals surface area contributed by atoms with Gasteiger partial charge in [0.05, 0.1) is 0 Å². The van der Waals surface area contributed by atoms with Crippen LogP contribution in [0.1, 0.15) is 42.9 Å². The van der Waals surface area contributed by atoms with E-state index in [9.17, 15) is 9.59 Å². The number of hydrogen-bond acceptors (Lipinski definition) is 3. The number of nitrogens with one attached hydrogen (secondary N) is 1. The van der Waals surface area contributed by atoms with Gasteiger partial charge in [-0.2, -0.15) is 0 Å². The Hall–Kier alpha value is -1.88. The van der Waals surface area contributed by atoms with Crippen molar-refractivity contribution in [2.75, 3.05) is 13.2 Å². The van der Waals surface area contributed by atoms with Gasteiger partial charge in [-0.15, -0.1) is 0 Å². The van der Waals surface area contributed by atoms with Gasteiger partial charge in [0.1, 0.15) is 5.54 Å². The van der Waals surface area contributed by atoms with Crippen LogP contribution in [0.25, 0.3) is 0 Å². The largest absolute Gasteiger partial charge is 0.396 e. The molecule has 1 saturated heterocycles. The van der Waals surface area contributed by atoms with Crippen LogP contribution in [0.15, 0.2) is 18.2 Å². The predicted octanol–water partition coefficient (Wildman–Crippen LogP) is 1.71. The molecule has 2 N–H and O–H groups in total. The summed E-state index contributed by atoms with van der Waals surface area (Å²) < 4.78 is 0. The Kier molecular flexibility index (Phi) is 3.91. The number of urea groups is 1. The number of aliphatic hydroxyl groups excluding tert-OH is 1. The molecule has 3 rings (SSSR count). The molecule has 0 bridgehead atoms. The molecule has 1 aromatic carbocycles. The molecule has 0 aromatic heterocycles. The second kappa shape index (κ2) is 5.72. The molecule has 1 fully saturated rings. The van der Waals surface area contributed by atoms with E-state index >= 15 is 0 Å². The van der Waals surface area contributed by atoms with Crippen molar-refractivity contribution in [2.24, 2.45) is 0 Å². The number of benzene rings is 1. The van der Waals surface area contributed by atoms with Gasteiger partial charge >= 0.3 is 6.03 Å². The van der Waals surface area contributed by atoms with Gasteiger partial charge in [-0.05, 0) is 55.7 Å². The molecule has 0 radical (unpaired) electrons. The molecule has 118 valence electrons. The summed E-state index contributed by atoms with van der Waals surface area (Å²) in [6.07, 6.45) is 4.93. The van der Waals surface area contributed by atoms with Crippen molar-refractivity contribution < 1.29 is 14.7 Å². The van der Waals surface area contributed by atoms with Gasteiger partial charge in [0.25, 0.3) is 5.91 Å². The highest BCUT2D eigenvalue weighted by Crippen LogP contribution is 2.32. The van der Waals surface area contributed by atoms with Crippen molar-refractivity contribution >= 4 is 11.9 Å². The van der Waals surface area contributed by atoms with Crippen LogP contribution in [-0.4, -0.2) is 35.1 Å². The summed E-state index contributed by atoms with van der Waals surface area (Å²) >= 11 is 0. The molecule has 0 spiro atoms.